The van der Waals surface area contributed by atoms with Gasteiger partial charge in [0.2, 0.25) is 0 Å². The first kappa shape index (κ1) is 9.26. The van der Waals surface area contributed by atoms with Gasteiger partial charge in [-0.3, -0.25) is 9.78 Å². The summed E-state index contributed by atoms with van der Waals surface area (Å²) in [6, 6.07) is 3.76. The van der Waals surface area contributed by atoms with E-state index in [1.54, 1.807) is 12.4 Å². The summed E-state index contributed by atoms with van der Waals surface area (Å²) in [5.74, 6) is 0.846. The minimum absolute atomic E-state index is 0.213. The normalized spacial score (nSPS) is 9.75. The number of nitrogens with zero attached hydrogens (tertiary/aromatic N) is 1. The molecule has 1 aromatic rings. The van der Waals surface area contributed by atoms with Gasteiger partial charge in [0.05, 0.1) is 0 Å². The number of hydrogen-bond acceptors (Lipinski definition) is 3. The molecule has 0 aliphatic rings. The Hall–Kier alpha value is -0.830. The van der Waals surface area contributed by atoms with Crippen LogP contribution in [0, 0.1) is 0 Å². The maximum absolute atomic E-state index is 11.1. The van der Waals surface area contributed by atoms with Crippen LogP contribution in [-0.4, -0.2) is 15.9 Å². The topological polar surface area (TPSA) is 30.0 Å². The van der Waals surface area contributed by atoms with Crippen molar-refractivity contribution in [3.63, 3.8) is 0 Å². The van der Waals surface area contributed by atoms with Gasteiger partial charge in [0, 0.05) is 18.8 Å². The van der Waals surface area contributed by atoms with E-state index in [1.165, 1.54) is 11.8 Å². The highest BCUT2D eigenvalue weighted by molar-refractivity contribution is 8.13. The van der Waals surface area contributed by atoms with E-state index in [-0.39, 0.29) is 5.12 Å². The van der Waals surface area contributed by atoms with Crippen LogP contribution in [0.4, 0.5) is 0 Å². The van der Waals surface area contributed by atoms with Gasteiger partial charge in [-0.25, -0.2) is 0 Å². The molecule has 0 aliphatic carbocycles. The number of hydrogen-bond donors (Lipinski definition) is 0. The van der Waals surface area contributed by atoms with E-state index in [0.29, 0.717) is 6.42 Å². The van der Waals surface area contributed by atoms with Crippen LogP contribution in [0.25, 0.3) is 0 Å². The van der Waals surface area contributed by atoms with E-state index in [0.717, 1.165) is 11.3 Å². The quantitative estimate of drug-likeness (QED) is 0.713. The zero-order valence-corrected chi connectivity index (χ0v) is 7.80. The van der Waals surface area contributed by atoms with Crippen LogP contribution >= 0.6 is 11.8 Å². The lowest BCUT2D eigenvalue weighted by Crippen LogP contribution is -1.97. The predicted molar refractivity (Wildman–Crippen MR) is 51.1 cm³/mol. The number of carbonyl (C=O) groups is 1. The van der Waals surface area contributed by atoms with Gasteiger partial charge in [-0.2, -0.15) is 0 Å². The Morgan fingerprint density at radius 2 is 2.50 bits per heavy atom. The second-order valence-corrected chi connectivity index (χ2v) is 3.66. The number of thioether (sulfide) groups is 1. The molecule has 64 valence electrons. The largest absolute Gasteiger partial charge is 0.287 e. The molecule has 0 saturated carbocycles. The minimum Gasteiger partial charge on any atom is -0.287 e. The van der Waals surface area contributed by atoms with Crippen LogP contribution in [0.3, 0.4) is 0 Å². The molecule has 0 unspecified atom stereocenters. The Kier molecular flexibility index (Phi) is 3.80. The van der Waals surface area contributed by atoms with Crippen LogP contribution in [0.2, 0.25) is 0 Å². The van der Waals surface area contributed by atoms with Crippen molar-refractivity contribution in [1.82, 2.24) is 4.98 Å². The average molecular weight is 181 g/mol. The number of rotatable bonds is 3. The molecule has 0 aromatic carbocycles. The fourth-order valence-corrected chi connectivity index (χ4v) is 1.47. The van der Waals surface area contributed by atoms with Crippen molar-refractivity contribution < 1.29 is 4.79 Å². The van der Waals surface area contributed by atoms with Crippen molar-refractivity contribution in [3.8, 4) is 0 Å². The van der Waals surface area contributed by atoms with Crippen molar-refractivity contribution in [2.75, 3.05) is 5.75 Å². The van der Waals surface area contributed by atoms with Crippen LogP contribution in [0.1, 0.15) is 12.5 Å². The van der Waals surface area contributed by atoms with Crippen molar-refractivity contribution in [1.29, 1.82) is 0 Å². The number of pyridine rings is 1. The maximum atomic E-state index is 11.1. The lowest BCUT2D eigenvalue weighted by atomic mass is 10.2. The van der Waals surface area contributed by atoms with Crippen LogP contribution < -0.4 is 0 Å². The SMILES string of the molecule is CCSC(=O)Cc1cccnc1. The van der Waals surface area contributed by atoms with Gasteiger partial charge < -0.3 is 0 Å². The zero-order chi connectivity index (χ0) is 8.81. The Bertz CT molecular complexity index is 248. The monoisotopic (exact) mass is 181 g/mol. The Labute approximate surface area is 76.4 Å². The Morgan fingerprint density at radius 1 is 1.67 bits per heavy atom. The summed E-state index contributed by atoms with van der Waals surface area (Å²) in [5.41, 5.74) is 0.989. The molecule has 1 aromatic heterocycles. The van der Waals surface area contributed by atoms with E-state index in [9.17, 15) is 4.79 Å². The first-order valence-corrected chi connectivity index (χ1v) is 4.86. The first-order valence-electron chi connectivity index (χ1n) is 3.87. The minimum atomic E-state index is 0.213. The fourth-order valence-electron chi connectivity index (χ4n) is 0.881. The number of carbonyl (C=O) groups excluding carboxylic acids is 1. The molecule has 0 aliphatic heterocycles. The average Bonchev–Trinajstić information content (AvgIpc) is 2.06. The molecule has 12 heavy (non-hydrogen) atoms. The van der Waals surface area contributed by atoms with Crippen LogP contribution in [0.15, 0.2) is 24.5 Å². The highest BCUT2D eigenvalue weighted by Gasteiger charge is 2.01. The molecule has 0 spiro atoms. The lowest BCUT2D eigenvalue weighted by molar-refractivity contribution is -0.110. The van der Waals surface area contributed by atoms with Crippen molar-refractivity contribution >= 4 is 16.9 Å². The Balaban J connectivity index is 2.47. The smallest absolute Gasteiger partial charge is 0.193 e. The summed E-state index contributed by atoms with van der Waals surface area (Å²) in [4.78, 5) is 15.1. The zero-order valence-electron chi connectivity index (χ0n) is 6.99. The van der Waals surface area contributed by atoms with Gasteiger partial charge in [0.25, 0.3) is 0 Å². The van der Waals surface area contributed by atoms with E-state index < -0.39 is 0 Å². The summed E-state index contributed by atoms with van der Waals surface area (Å²) >= 11 is 1.36. The third-order valence-corrected chi connectivity index (χ3v) is 2.13. The first-order chi connectivity index (χ1) is 5.83. The summed E-state index contributed by atoms with van der Waals surface area (Å²) in [6.07, 6.45) is 3.93. The molecule has 2 nitrogen and oxygen atoms in total. The van der Waals surface area contributed by atoms with Crippen LogP contribution in [-0.2, 0) is 11.2 Å². The van der Waals surface area contributed by atoms with Gasteiger partial charge in [-0.15, -0.1) is 0 Å². The molecule has 0 fully saturated rings. The number of aromatic nitrogens is 1. The predicted octanol–water partition coefficient (Wildman–Crippen LogP) is 1.90. The van der Waals surface area contributed by atoms with Gasteiger partial charge in [-0.1, -0.05) is 24.8 Å². The van der Waals surface area contributed by atoms with E-state index in [4.69, 9.17) is 0 Å². The molecule has 0 amide bonds. The second-order valence-electron chi connectivity index (χ2n) is 2.34. The van der Waals surface area contributed by atoms with Gasteiger partial charge in [0.15, 0.2) is 5.12 Å². The molecular weight excluding hydrogens is 170 g/mol. The third kappa shape index (κ3) is 3.05. The standard InChI is InChI=1S/C9H11NOS/c1-2-12-9(11)6-8-4-3-5-10-7-8/h3-5,7H,2,6H2,1H3. The highest BCUT2D eigenvalue weighted by atomic mass is 32.2. The molecular formula is C9H11NOS. The summed E-state index contributed by atoms with van der Waals surface area (Å²) in [7, 11) is 0. The molecule has 0 bridgehead atoms. The molecule has 0 atom stereocenters. The highest BCUT2D eigenvalue weighted by Crippen LogP contribution is 2.06. The van der Waals surface area contributed by atoms with E-state index in [1.807, 2.05) is 19.1 Å². The van der Waals surface area contributed by atoms with E-state index in [2.05, 4.69) is 4.98 Å². The Morgan fingerprint density at radius 3 is 3.08 bits per heavy atom. The molecule has 1 heterocycles. The van der Waals surface area contributed by atoms with E-state index >= 15 is 0 Å². The van der Waals surface area contributed by atoms with Crippen molar-refractivity contribution in [3.05, 3.63) is 30.1 Å². The van der Waals surface area contributed by atoms with Crippen molar-refractivity contribution in [2.45, 2.75) is 13.3 Å². The molecule has 3 heteroatoms. The molecule has 1 rings (SSSR count). The summed E-state index contributed by atoms with van der Waals surface area (Å²) in [6.45, 7) is 1.98. The lowest BCUT2D eigenvalue weighted by Gasteiger charge is -1.97. The van der Waals surface area contributed by atoms with Crippen LogP contribution in [0.5, 0.6) is 0 Å². The molecule has 0 N–H and O–H groups in total. The molecule has 0 radical (unpaired) electrons. The summed E-state index contributed by atoms with van der Waals surface area (Å²) in [5, 5.41) is 0.213. The summed E-state index contributed by atoms with van der Waals surface area (Å²) < 4.78 is 0. The second kappa shape index (κ2) is 4.93. The molecule has 0 saturated heterocycles. The third-order valence-electron chi connectivity index (χ3n) is 1.38. The van der Waals surface area contributed by atoms with Crippen molar-refractivity contribution in [2.24, 2.45) is 0 Å². The van der Waals surface area contributed by atoms with Gasteiger partial charge >= 0.3 is 0 Å². The maximum Gasteiger partial charge on any atom is 0.193 e. The van der Waals surface area contributed by atoms with Gasteiger partial charge in [-0.05, 0) is 17.4 Å². The fraction of sp³-hybridized carbons (Fsp3) is 0.333. The van der Waals surface area contributed by atoms with Gasteiger partial charge in [0.1, 0.15) is 0 Å².